The van der Waals surface area contributed by atoms with Gasteiger partial charge < -0.3 is 19.4 Å². The highest BCUT2D eigenvalue weighted by molar-refractivity contribution is 6.04. The van der Waals surface area contributed by atoms with E-state index in [0.29, 0.717) is 23.3 Å². The third kappa shape index (κ3) is 5.22. The molecule has 34 heavy (non-hydrogen) atoms. The number of benzene rings is 2. The number of aromatic amines is 2. The molecule has 0 atom stereocenters. The van der Waals surface area contributed by atoms with Gasteiger partial charge in [-0.3, -0.25) is 4.79 Å². The second-order valence-electron chi connectivity index (χ2n) is 8.27. The first kappa shape index (κ1) is 23.4. The van der Waals surface area contributed by atoms with Crippen LogP contribution < -0.4 is 20.7 Å². The second-order valence-corrected chi connectivity index (χ2v) is 8.27. The number of nitrogens with one attached hydrogen (secondary N) is 2. The molecule has 4 rings (SSSR count). The summed E-state index contributed by atoms with van der Waals surface area (Å²) in [6, 6.07) is 12.8. The van der Waals surface area contributed by atoms with Crippen LogP contribution in [0.2, 0.25) is 0 Å². The van der Waals surface area contributed by atoms with Gasteiger partial charge in [-0.2, -0.15) is 5.10 Å². The summed E-state index contributed by atoms with van der Waals surface area (Å²) in [4.78, 5) is 31.4. The molecule has 8 heteroatoms. The average Bonchev–Trinajstić information content (AvgIpc) is 3.21. The van der Waals surface area contributed by atoms with E-state index in [2.05, 4.69) is 22.0 Å². The monoisotopic (exact) mass is 462 g/mol. The van der Waals surface area contributed by atoms with Crippen LogP contribution in [0, 0.1) is 0 Å². The van der Waals surface area contributed by atoms with Crippen LogP contribution in [0.5, 0.6) is 11.5 Å². The van der Waals surface area contributed by atoms with Crippen molar-refractivity contribution in [3.05, 3.63) is 68.9 Å². The molecule has 0 bridgehead atoms. The van der Waals surface area contributed by atoms with Gasteiger partial charge >= 0.3 is 11.2 Å². The Labute approximate surface area is 197 Å². The van der Waals surface area contributed by atoms with Gasteiger partial charge in [0.1, 0.15) is 17.0 Å². The summed E-state index contributed by atoms with van der Waals surface area (Å²) in [5.41, 5.74) is 1.01. The zero-order chi connectivity index (χ0) is 23.9. The van der Waals surface area contributed by atoms with Crippen molar-refractivity contribution in [3.8, 4) is 11.5 Å². The second kappa shape index (κ2) is 10.9. The maximum absolute atomic E-state index is 13.0. The van der Waals surface area contributed by atoms with E-state index in [1.54, 1.807) is 25.3 Å². The number of rotatable bonds is 11. The lowest BCUT2D eigenvalue weighted by Gasteiger charge is -2.06. The van der Waals surface area contributed by atoms with E-state index >= 15 is 0 Å². The molecule has 2 aromatic heterocycles. The third-order valence-electron chi connectivity index (χ3n) is 5.78. The number of fused-ring (bicyclic) bond motifs is 3. The van der Waals surface area contributed by atoms with Crippen molar-refractivity contribution in [2.75, 3.05) is 13.7 Å². The lowest BCUT2D eigenvalue weighted by molar-refractivity contribution is 0.304. The Morgan fingerprint density at radius 2 is 1.76 bits per heavy atom. The number of methoxy groups -OCH3 is 1. The van der Waals surface area contributed by atoms with Gasteiger partial charge in [0.2, 0.25) is 0 Å². The number of hydrogen-bond donors (Lipinski definition) is 2. The van der Waals surface area contributed by atoms with E-state index in [9.17, 15) is 9.59 Å². The number of aromatic nitrogens is 3. The molecule has 0 saturated heterocycles. The average molecular weight is 463 g/mol. The molecule has 0 radical (unpaired) electrons. The molecule has 0 spiro atoms. The SMILES string of the molecule is CCCCCCCCOc1cccc(C=Nn2c(=O)[nH]c3c([nH]c4ccc(OC)cc43)c2=O)c1. The van der Waals surface area contributed by atoms with Crippen LogP contribution in [0.4, 0.5) is 0 Å². The Morgan fingerprint density at radius 3 is 2.59 bits per heavy atom. The molecule has 4 aromatic rings. The summed E-state index contributed by atoms with van der Waals surface area (Å²) in [5.74, 6) is 1.37. The summed E-state index contributed by atoms with van der Waals surface area (Å²) in [5, 5.41) is 4.85. The van der Waals surface area contributed by atoms with Crippen LogP contribution in [0.3, 0.4) is 0 Å². The summed E-state index contributed by atoms with van der Waals surface area (Å²) >= 11 is 0. The topological polar surface area (TPSA) is 101 Å². The van der Waals surface area contributed by atoms with Gasteiger partial charge in [-0.25, -0.2) is 4.79 Å². The van der Waals surface area contributed by atoms with Crippen LogP contribution in [-0.2, 0) is 0 Å². The predicted octanol–water partition coefficient (Wildman–Crippen LogP) is 4.80. The highest BCUT2D eigenvalue weighted by Crippen LogP contribution is 2.25. The van der Waals surface area contributed by atoms with Crippen molar-refractivity contribution in [2.24, 2.45) is 5.10 Å². The summed E-state index contributed by atoms with van der Waals surface area (Å²) in [6.45, 7) is 2.87. The molecule has 2 heterocycles. The normalized spacial score (nSPS) is 11.6. The maximum atomic E-state index is 13.0. The van der Waals surface area contributed by atoms with Crippen molar-refractivity contribution in [2.45, 2.75) is 45.4 Å². The van der Waals surface area contributed by atoms with Gasteiger partial charge in [0.25, 0.3) is 0 Å². The molecule has 0 aliphatic heterocycles. The van der Waals surface area contributed by atoms with Gasteiger partial charge in [-0.05, 0) is 42.3 Å². The quantitative estimate of drug-likeness (QED) is 0.247. The maximum Gasteiger partial charge on any atom is 0.350 e. The van der Waals surface area contributed by atoms with Gasteiger partial charge in [0, 0.05) is 10.9 Å². The lowest BCUT2D eigenvalue weighted by atomic mass is 10.1. The zero-order valence-electron chi connectivity index (χ0n) is 19.6. The minimum Gasteiger partial charge on any atom is -0.497 e. The molecule has 2 aromatic carbocycles. The van der Waals surface area contributed by atoms with Crippen molar-refractivity contribution >= 4 is 28.2 Å². The Balaban J connectivity index is 1.50. The molecular formula is C26H30N4O4. The lowest BCUT2D eigenvalue weighted by Crippen LogP contribution is -2.32. The molecule has 178 valence electrons. The number of hydrogen-bond acceptors (Lipinski definition) is 5. The molecule has 0 amide bonds. The Hall–Kier alpha value is -3.81. The first-order valence-electron chi connectivity index (χ1n) is 11.7. The molecule has 0 saturated carbocycles. The fraction of sp³-hybridized carbons (Fsp3) is 0.346. The van der Waals surface area contributed by atoms with E-state index in [-0.39, 0.29) is 5.52 Å². The zero-order valence-corrected chi connectivity index (χ0v) is 19.6. The third-order valence-corrected chi connectivity index (χ3v) is 5.78. The van der Waals surface area contributed by atoms with E-state index in [0.717, 1.165) is 34.3 Å². The molecular weight excluding hydrogens is 432 g/mol. The highest BCUT2D eigenvalue weighted by Gasteiger charge is 2.13. The van der Waals surface area contributed by atoms with Gasteiger partial charge in [-0.15, -0.1) is 4.68 Å². The van der Waals surface area contributed by atoms with E-state index < -0.39 is 11.2 Å². The predicted molar refractivity (Wildman–Crippen MR) is 136 cm³/mol. The number of nitrogens with zero attached hydrogens (tertiary/aromatic N) is 2. The number of unbranched alkanes of at least 4 members (excludes halogenated alkanes) is 5. The first-order chi connectivity index (χ1) is 16.6. The molecule has 0 unspecified atom stereocenters. The molecule has 2 N–H and O–H groups in total. The van der Waals surface area contributed by atoms with Crippen LogP contribution in [-0.4, -0.2) is 34.6 Å². The van der Waals surface area contributed by atoms with Gasteiger partial charge in [0.05, 0.1) is 25.4 Å². The first-order valence-corrected chi connectivity index (χ1v) is 11.7. The van der Waals surface area contributed by atoms with E-state index in [4.69, 9.17) is 9.47 Å². The van der Waals surface area contributed by atoms with E-state index in [1.807, 2.05) is 24.3 Å². The summed E-state index contributed by atoms with van der Waals surface area (Å²) in [7, 11) is 1.56. The summed E-state index contributed by atoms with van der Waals surface area (Å²) < 4.78 is 11.9. The Bertz CT molecular complexity index is 1410. The van der Waals surface area contributed by atoms with Crippen LogP contribution in [0.1, 0.15) is 51.0 Å². The Kier molecular flexibility index (Phi) is 7.47. The molecule has 0 fully saturated rings. The van der Waals surface area contributed by atoms with Crippen molar-refractivity contribution < 1.29 is 9.47 Å². The van der Waals surface area contributed by atoms with Crippen LogP contribution in [0.15, 0.2) is 57.2 Å². The molecule has 0 aliphatic rings. The van der Waals surface area contributed by atoms with E-state index in [1.165, 1.54) is 31.9 Å². The minimum absolute atomic E-state index is 0.274. The minimum atomic E-state index is -0.618. The fourth-order valence-electron chi connectivity index (χ4n) is 3.93. The largest absolute Gasteiger partial charge is 0.497 e. The van der Waals surface area contributed by atoms with Crippen molar-refractivity contribution in [3.63, 3.8) is 0 Å². The van der Waals surface area contributed by atoms with Crippen LogP contribution in [0.25, 0.3) is 21.9 Å². The smallest absolute Gasteiger partial charge is 0.350 e. The molecule has 8 nitrogen and oxygen atoms in total. The Morgan fingerprint density at radius 1 is 0.941 bits per heavy atom. The fourth-order valence-corrected chi connectivity index (χ4v) is 3.93. The number of H-pyrrole nitrogens is 2. The van der Waals surface area contributed by atoms with Gasteiger partial charge in [0.15, 0.2) is 0 Å². The van der Waals surface area contributed by atoms with Crippen molar-refractivity contribution in [1.82, 2.24) is 14.6 Å². The highest BCUT2D eigenvalue weighted by atomic mass is 16.5. The molecule has 0 aliphatic carbocycles. The van der Waals surface area contributed by atoms with Gasteiger partial charge in [-0.1, -0.05) is 51.2 Å². The standard InChI is InChI=1S/C26H30N4O4/c1-3-4-5-6-7-8-14-34-20-11-9-10-18(15-20)17-27-30-25(31)24-23(29-26(30)32)21-16-19(33-2)12-13-22(21)28-24/h9-13,15-17,28H,3-8,14H2,1-2H3,(H,29,32). The van der Waals surface area contributed by atoms with Crippen molar-refractivity contribution in [1.29, 1.82) is 0 Å². The van der Waals surface area contributed by atoms with Crippen LogP contribution >= 0.6 is 0 Å². The summed E-state index contributed by atoms with van der Waals surface area (Å²) in [6.07, 6.45) is 8.70. The number of ether oxygens (including phenoxy) is 2.